The molecule has 1 aromatic rings. The largest absolute Gasteiger partial charge is 0.372 e. The molecule has 0 aromatic heterocycles. The molecule has 2 atom stereocenters. The Hall–Kier alpha value is -1.35. The molecule has 16 heavy (non-hydrogen) atoms. The van der Waals surface area contributed by atoms with E-state index in [1.807, 2.05) is 30.3 Å². The summed E-state index contributed by atoms with van der Waals surface area (Å²) in [5.41, 5.74) is 1.13. The van der Waals surface area contributed by atoms with Crippen LogP contribution in [0.5, 0.6) is 0 Å². The quantitative estimate of drug-likeness (QED) is 0.828. The van der Waals surface area contributed by atoms with Crippen LogP contribution in [0.15, 0.2) is 30.3 Å². The van der Waals surface area contributed by atoms with Crippen molar-refractivity contribution in [2.75, 3.05) is 7.11 Å². The molecule has 0 aliphatic rings. The molecule has 0 radical (unpaired) electrons. The highest BCUT2D eigenvalue weighted by Gasteiger charge is 2.16. The molecule has 0 aliphatic heterocycles. The van der Waals surface area contributed by atoms with Crippen LogP contribution in [-0.4, -0.2) is 19.1 Å². The topological polar surface area (TPSA) is 38.3 Å². The van der Waals surface area contributed by atoms with E-state index in [1.165, 1.54) is 7.11 Å². The van der Waals surface area contributed by atoms with E-state index in [4.69, 9.17) is 4.74 Å². The van der Waals surface area contributed by atoms with Crippen molar-refractivity contribution in [1.82, 2.24) is 5.32 Å². The van der Waals surface area contributed by atoms with Gasteiger partial charge in [0, 0.05) is 7.11 Å². The first kappa shape index (κ1) is 12.7. The van der Waals surface area contributed by atoms with Gasteiger partial charge in [-0.3, -0.25) is 4.79 Å². The number of methoxy groups -OCH3 is 1. The molecule has 2 unspecified atom stereocenters. The van der Waals surface area contributed by atoms with Gasteiger partial charge in [0.1, 0.15) is 6.10 Å². The molecule has 1 rings (SSSR count). The van der Waals surface area contributed by atoms with Gasteiger partial charge >= 0.3 is 0 Å². The zero-order chi connectivity index (χ0) is 12.0. The monoisotopic (exact) mass is 221 g/mol. The molecule has 0 heterocycles. The van der Waals surface area contributed by atoms with Gasteiger partial charge in [-0.15, -0.1) is 0 Å². The van der Waals surface area contributed by atoms with Gasteiger partial charge in [-0.1, -0.05) is 37.3 Å². The lowest BCUT2D eigenvalue weighted by atomic mass is 10.0. The van der Waals surface area contributed by atoms with Crippen LogP contribution in [0, 0.1) is 0 Å². The number of rotatable bonds is 5. The Morgan fingerprint density at radius 2 is 2.00 bits per heavy atom. The second-order valence-electron chi connectivity index (χ2n) is 3.76. The van der Waals surface area contributed by atoms with E-state index in [-0.39, 0.29) is 11.9 Å². The molecule has 0 saturated heterocycles. The Balaban J connectivity index is 2.66. The average molecular weight is 221 g/mol. The van der Waals surface area contributed by atoms with Crippen LogP contribution in [0.1, 0.15) is 31.9 Å². The molecule has 1 N–H and O–H groups in total. The first-order valence-electron chi connectivity index (χ1n) is 5.57. The molecule has 0 saturated carbocycles. The third-order valence-corrected chi connectivity index (χ3v) is 2.65. The van der Waals surface area contributed by atoms with Gasteiger partial charge in [-0.05, 0) is 18.9 Å². The minimum Gasteiger partial charge on any atom is -0.372 e. The second kappa shape index (κ2) is 6.28. The van der Waals surface area contributed by atoms with Crippen molar-refractivity contribution in [3.8, 4) is 0 Å². The molecule has 3 heteroatoms. The molecule has 0 spiro atoms. The van der Waals surface area contributed by atoms with E-state index >= 15 is 0 Å². The van der Waals surface area contributed by atoms with Crippen molar-refractivity contribution >= 4 is 5.91 Å². The maximum Gasteiger partial charge on any atom is 0.249 e. The van der Waals surface area contributed by atoms with Crippen LogP contribution < -0.4 is 5.32 Å². The van der Waals surface area contributed by atoms with Crippen molar-refractivity contribution in [3.63, 3.8) is 0 Å². The third kappa shape index (κ3) is 3.35. The number of benzene rings is 1. The third-order valence-electron chi connectivity index (χ3n) is 2.65. The number of hydrogen-bond acceptors (Lipinski definition) is 2. The molecular formula is C13H19NO2. The highest BCUT2D eigenvalue weighted by Crippen LogP contribution is 2.15. The highest BCUT2D eigenvalue weighted by atomic mass is 16.5. The molecular weight excluding hydrogens is 202 g/mol. The summed E-state index contributed by atoms with van der Waals surface area (Å²) in [6, 6.07) is 10.0. The van der Waals surface area contributed by atoms with E-state index in [2.05, 4.69) is 12.2 Å². The normalized spacial score (nSPS) is 14.2. The van der Waals surface area contributed by atoms with Crippen molar-refractivity contribution in [1.29, 1.82) is 0 Å². The van der Waals surface area contributed by atoms with E-state index < -0.39 is 6.10 Å². The second-order valence-corrected chi connectivity index (χ2v) is 3.76. The minimum atomic E-state index is -0.405. The Labute approximate surface area is 96.8 Å². The Bertz CT molecular complexity index is 324. The number of ether oxygens (including phenoxy) is 1. The number of nitrogens with one attached hydrogen (secondary N) is 1. The van der Waals surface area contributed by atoms with Gasteiger partial charge in [-0.2, -0.15) is 0 Å². The maximum absolute atomic E-state index is 11.7. The van der Waals surface area contributed by atoms with Crippen molar-refractivity contribution in [3.05, 3.63) is 35.9 Å². The highest BCUT2D eigenvalue weighted by molar-refractivity contribution is 5.80. The number of carbonyl (C=O) groups excluding carboxylic acids is 1. The standard InChI is InChI=1S/C13H19NO2/c1-4-12(11-8-6-5-7-9-11)14-13(15)10(2)16-3/h5-10,12H,4H2,1-3H3,(H,14,15). The van der Waals surface area contributed by atoms with E-state index in [9.17, 15) is 4.79 Å². The minimum absolute atomic E-state index is 0.0614. The molecule has 0 aliphatic carbocycles. The molecule has 3 nitrogen and oxygen atoms in total. The Morgan fingerprint density at radius 1 is 1.38 bits per heavy atom. The van der Waals surface area contributed by atoms with Gasteiger partial charge in [0.15, 0.2) is 0 Å². The SMILES string of the molecule is CCC(NC(=O)C(C)OC)c1ccccc1. The summed E-state index contributed by atoms with van der Waals surface area (Å²) in [5, 5.41) is 2.97. The first-order valence-corrected chi connectivity index (χ1v) is 5.57. The number of hydrogen-bond donors (Lipinski definition) is 1. The number of carbonyl (C=O) groups is 1. The Morgan fingerprint density at radius 3 is 2.50 bits per heavy atom. The summed E-state index contributed by atoms with van der Waals surface area (Å²) < 4.78 is 4.98. The van der Waals surface area contributed by atoms with Crippen molar-refractivity contribution in [2.45, 2.75) is 32.4 Å². The summed E-state index contributed by atoms with van der Waals surface area (Å²) in [7, 11) is 1.54. The first-order chi connectivity index (χ1) is 7.69. The van der Waals surface area contributed by atoms with E-state index in [0.717, 1.165) is 12.0 Å². The Kier molecular flexibility index (Phi) is 4.99. The number of amides is 1. The molecule has 1 amide bonds. The predicted molar refractivity (Wildman–Crippen MR) is 64.1 cm³/mol. The fourth-order valence-corrected chi connectivity index (χ4v) is 1.50. The summed E-state index contributed by atoms with van der Waals surface area (Å²) >= 11 is 0. The van der Waals surface area contributed by atoms with Gasteiger partial charge < -0.3 is 10.1 Å². The lowest BCUT2D eigenvalue weighted by Crippen LogP contribution is -2.36. The van der Waals surface area contributed by atoms with Crippen molar-refractivity contribution < 1.29 is 9.53 Å². The van der Waals surface area contributed by atoms with Gasteiger partial charge in [-0.25, -0.2) is 0 Å². The summed E-state index contributed by atoms with van der Waals surface area (Å²) in [6.45, 7) is 3.79. The molecule has 88 valence electrons. The van der Waals surface area contributed by atoms with E-state index in [0.29, 0.717) is 0 Å². The van der Waals surface area contributed by atoms with Gasteiger partial charge in [0.25, 0.3) is 0 Å². The zero-order valence-corrected chi connectivity index (χ0v) is 10.1. The smallest absolute Gasteiger partial charge is 0.249 e. The maximum atomic E-state index is 11.7. The summed E-state index contributed by atoms with van der Waals surface area (Å²) in [6.07, 6.45) is 0.462. The van der Waals surface area contributed by atoms with Crippen LogP contribution in [0.2, 0.25) is 0 Å². The van der Waals surface area contributed by atoms with Gasteiger partial charge in [0.2, 0.25) is 5.91 Å². The van der Waals surface area contributed by atoms with E-state index in [1.54, 1.807) is 6.92 Å². The lowest BCUT2D eigenvalue weighted by Gasteiger charge is -2.19. The van der Waals surface area contributed by atoms with Crippen LogP contribution in [-0.2, 0) is 9.53 Å². The van der Waals surface area contributed by atoms with Crippen LogP contribution >= 0.6 is 0 Å². The predicted octanol–water partition coefficient (Wildman–Crippen LogP) is 2.29. The summed E-state index contributed by atoms with van der Waals surface area (Å²) in [4.78, 5) is 11.7. The average Bonchev–Trinajstić information content (AvgIpc) is 2.35. The van der Waals surface area contributed by atoms with Crippen LogP contribution in [0.4, 0.5) is 0 Å². The van der Waals surface area contributed by atoms with Crippen LogP contribution in [0.25, 0.3) is 0 Å². The molecule has 1 aromatic carbocycles. The lowest BCUT2D eigenvalue weighted by molar-refractivity contribution is -0.130. The fraction of sp³-hybridized carbons (Fsp3) is 0.462. The molecule has 0 bridgehead atoms. The molecule has 0 fully saturated rings. The zero-order valence-electron chi connectivity index (χ0n) is 10.1. The van der Waals surface area contributed by atoms with Gasteiger partial charge in [0.05, 0.1) is 6.04 Å². The van der Waals surface area contributed by atoms with Crippen LogP contribution in [0.3, 0.4) is 0 Å². The van der Waals surface area contributed by atoms with Crippen molar-refractivity contribution in [2.24, 2.45) is 0 Å². The fourth-order valence-electron chi connectivity index (χ4n) is 1.50. The summed E-state index contributed by atoms with van der Waals surface area (Å²) in [5.74, 6) is -0.0711.